The molecule has 5 rings (SSSR count). The third-order valence-corrected chi connectivity index (χ3v) is 6.90. The van der Waals surface area contributed by atoms with E-state index in [9.17, 15) is 9.59 Å². The van der Waals surface area contributed by atoms with Gasteiger partial charge in [0.2, 0.25) is 13.1 Å². The number of esters is 2. The highest BCUT2D eigenvalue weighted by atomic mass is 16.7. The van der Waals surface area contributed by atoms with Gasteiger partial charge in [-0.3, -0.25) is 0 Å². The minimum Gasteiger partial charge on any atom is -0.492 e. The van der Waals surface area contributed by atoms with E-state index in [4.69, 9.17) is 33.2 Å². The summed E-state index contributed by atoms with van der Waals surface area (Å²) >= 11 is 0. The molecule has 2 aliphatic heterocycles. The molecule has 3 aromatic rings. The minimum absolute atomic E-state index is 0.00785. The summed E-state index contributed by atoms with van der Waals surface area (Å²) in [6, 6.07) is 7.21. The second-order valence-electron chi connectivity index (χ2n) is 9.49. The lowest BCUT2D eigenvalue weighted by molar-refractivity contribution is 0.0552. The molecular formula is C30H32O9. The zero-order valence-electron chi connectivity index (χ0n) is 22.8. The molecule has 9 nitrogen and oxygen atoms in total. The molecular weight excluding hydrogens is 504 g/mol. The number of rotatable bonds is 9. The van der Waals surface area contributed by atoms with Crippen LogP contribution in [0.4, 0.5) is 0 Å². The summed E-state index contributed by atoms with van der Waals surface area (Å²) in [5.41, 5.74) is 1.82. The van der Waals surface area contributed by atoms with Gasteiger partial charge in [-0.15, -0.1) is 0 Å². The lowest BCUT2D eigenvalue weighted by Crippen LogP contribution is -2.17. The first-order chi connectivity index (χ1) is 18.9. The molecule has 0 amide bonds. The van der Waals surface area contributed by atoms with Crippen LogP contribution < -0.4 is 23.7 Å². The average molecular weight is 537 g/mol. The fraction of sp³-hybridized carbons (Fsp3) is 0.400. The lowest BCUT2D eigenvalue weighted by Gasteiger charge is -2.22. The molecule has 3 aromatic carbocycles. The molecule has 0 saturated heterocycles. The first kappa shape index (κ1) is 26.5. The van der Waals surface area contributed by atoms with Crippen LogP contribution >= 0.6 is 0 Å². The minimum atomic E-state index is -0.720. The van der Waals surface area contributed by atoms with Crippen molar-refractivity contribution < 1.29 is 42.7 Å². The maximum atomic E-state index is 13.5. The predicted molar refractivity (Wildman–Crippen MR) is 143 cm³/mol. The normalized spacial score (nSPS) is 14.9. The predicted octanol–water partition coefficient (Wildman–Crippen LogP) is 6.19. The highest BCUT2D eigenvalue weighted by molar-refractivity contribution is 6.20. The van der Waals surface area contributed by atoms with Crippen molar-refractivity contribution >= 4 is 22.7 Å². The van der Waals surface area contributed by atoms with Gasteiger partial charge in [0.05, 0.1) is 26.4 Å². The Morgan fingerprint density at radius 2 is 1.64 bits per heavy atom. The van der Waals surface area contributed by atoms with Gasteiger partial charge in [0.25, 0.3) is 0 Å². The Balaban J connectivity index is 1.88. The van der Waals surface area contributed by atoms with Crippen LogP contribution in [-0.4, -0.2) is 45.8 Å². The zero-order chi connectivity index (χ0) is 27.7. The van der Waals surface area contributed by atoms with Crippen molar-refractivity contribution in [3.05, 3.63) is 41.0 Å². The summed E-state index contributed by atoms with van der Waals surface area (Å²) in [5.74, 6) is 0.926. The standard InChI is InChI=1S/C30H32O9/c1-6-7-8-9-12-35-27-19-13-16(2)26-28(39-17(3)38-26)23(19)22(18-10-11-20-21(14-18)37-15-36-20)24(29(31)33-4)25(27)30(32)34-5/h10-11,13-14,17H,6-9,12,15H2,1-5H3. The smallest absolute Gasteiger partial charge is 0.342 e. The van der Waals surface area contributed by atoms with Crippen LogP contribution in [-0.2, 0) is 9.47 Å². The third-order valence-electron chi connectivity index (χ3n) is 6.90. The fourth-order valence-electron chi connectivity index (χ4n) is 5.11. The molecule has 0 aromatic heterocycles. The van der Waals surface area contributed by atoms with E-state index in [2.05, 4.69) is 6.92 Å². The van der Waals surface area contributed by atoms with Crippen molar-refractivity contribution in [2.24, 2.45) is 0 Å². The quantitative estimate of drug-likeness (QED) is 0.234. The largest absolute Gasteiger partial charge is 0.492 e. The zero-order valence-corrected chi connectivity index (χ0v) is 22.8. The van der Waals surface area contributed by atoms with Crippen molar-refractivity contribution in [1.29, 1.82) is 0 Å². The van der Waals surface area contributed by atoms with E-state index in [0.717, 1.165) is 31.2 Å². The van der Waals surface area contributed by atoms with Crippen LogP contribution in [0.15, 0.2) is 24.3 Å². The van der Waals surface area contributed by atoms with E-state index >= 15 is 0 Å². The summed E-state index contributed by atoms with van der Waals surface area (Å²) in [7, 11) is 2.54. The van der Waals surface area contributed by atoms with E-state index in [1.807, 2.05) is 13.0 Å². The van der Waals surface area contributed by atoms with Crippen LogP contribution in [0.2, 0.25) is 0 Å². The second-order valence-corrected chi connectivity index (χ2v) is 9.49. The van der Waals surface area contributed by atoms with Crippen molar-refractivity contribution in [2.45, 2.75) is 52.7 Å². The average Bonchev–Trinajstić information content (AvgIpc) is 3.57. The van der Waals surface area contributed by atoms with Gasteiger partial charge < -0.3 is 33.2 Å². The van der Waals surface area contributed by atoms with Gasteiger partial charge in [0.1, 0.15) is 11.3 Å². The number of hydrogen-bond acceptors (Lipinski definition) is 9. The fourth-order valence-corrected chi connectivity index (χ4v) is 5.11. The van der Waals surface area contributed by atoms with Gasteiger partial charge in [-0.05, 0) is 42.7 Å². The molecule has 0 aliphatic carbocycles. The highest BCUT2D eigenvalue weighted by Crippen LogP contribution is 2.53. The van der Waals surface area contributed by atoms with Gasteiger partial charge in [0.15, 0.2) is 23.0 Å². The lowest BCUT2D eigenvalue weighted by atomic mass is 9.87. The van der Waals surface area contributed by atoms with Gasteiger partial charge in [-0.2, -0.15) is 0 Å². The van der Waals surface area contributed by atoms with Gasteiger partial charge >= 0.3 is 11.9 Å². The number of carbonyl (C=O) groups excluding carboxylic acids is 2. The van der Waals surface area contributed by atoms with E-state index in [-0.39, 0.29) is 23.7 Å². The third kappa shape index (κ3) is 4.66. The molecule has 206 valence electrons. The Hall–Kier alpha value is -4.14. The van der Waals surface area contributed by atoms with Crippen LogP contribution in [0.25, 0.3) is 21.9 Å². The molecule has 0 N–H and O–H groups in total. The van der Waals surface area contributed by atoms with Crippen molar-refractivity contribution in [1.82, 2.24) is 0 Å². The molecule has 0 fully saturated rings. The highest BCUT2D eigenvalue weighted by Gasteiger charge is 2.36. The first-order valence-electron chi connectivity index (χ1n) is 13.1. The van der Waals surface area contributed by atoms with Crippen molar-refractivity contribution in [3.63, 3.8) is 0 Å². The first-order valence-corrected chi connectivity index (χ1v) is 13.1. The van der Waals surface area contributed by atoms with Gasteiger partial charge in [-0.25, -0.2) is 9.59 Å². The molecule has 2 heterocycles. The molecule has 9 heteroatoms. The van der Waals surface area contributed by atoms with E-state index in [1.54, 1.807) is 25.1 Å². The van der Waals surface area contributed by atoms with Crippen molar-refractivity contribution in [3.8, 4) is 39.9 Å². The molecule has 2 aliphatic rings. The van der Waals surface area contributed by atoms with E-state index < -0.39 is 18.2 Å². The SMILES string of the molecule is CCCCCCOc1c(C(=O)OC)c(C(=O)OC)c(-c2ccc3c(c2)OCO3)c2c3c(c(C)cc12)OC(C)O3. The molecule has 0 radical (unpaired) electrons. The molecule has 1 unspecified atom stereocenters. The van der Waals surface area contributed by atoms with Crippen LogP contribution in [0.3, 0.4) is 0 Å². The Kier molecular flexibility index (Phi) is 7.41. The van der Waals surface area contributed by atoms with Crippen LogP contribution in [0.1, 0.15) is 65.8 Å². The Labute approximate surface area is 226 Å². The maximum Gasteiger partial charge on any atom is 0.342 e. The monoisotopic (exact) mass is 536 g/mol. The van der Waals surface area contributed by atoms with Crippen LogP contribution in [0, 0.1) is 6.92 Å². The summed E-state index contributed by atoms with van der Waals surface area (Å²) in [5, 5.41) is 1.16. The van der Waals surface area contributed by atoms with Crippen LogP contribution in [0.5, 0.6) is 28.7 Å². The number of unbranched alkanes of at least 4 members (excludes halogenated alkanes) is 3. The summed E-state index contributed by atoms with van der Waals surface area (Å²) in [6.45, 7) is 6.27. The van der Waals surface area contributed by atoms with Gasteiger partial charge in [0, 0.05) is 23.3 Å². The number of methoxy groups -OCH3 is 2. The topological polar surface area (TPSA) is 98.8 Å². The summed E-state index contributed by atoms with van der Waals surface area (Å²) < 4.78 is 40.0. The summed E-state index contributed by atoms with van der Waals surface area (Å²) in [6.07, 6.45) is 3.36. The number of benzene rings is 3. The van der Waals surface area contributed by atoms with Crippen molar-refractivity contribution in [2.75, 3.05) is 27.6 Å². The number of carbonyl (C=O) groups is 2. The second kappa shape index (κ2) is 10.9. The van der Waals surface area contributed by atoms with Gasteiger partial charge in [-0.1, -0.05) is 32.3 Å². The number of ether oxygens (including phenoxy) is 7. The van der Waals surface area contributed by atoms with E-state index in [0.29, 0.717) is 51.5 Å². The number of hydrogen-bond donors (Lipinski definition) is 0. The summed E-state index contributed by atoms with van der Waals surface area (Å²) in [4.78, 5) is 26.9. The molecule has 0 spiro atoms. The molecule has 0 bridgehead atoms. The Morgan fingerprint density at radius 1 is 0.923 bits per heavy atom. The number of fused-ring (bicyclic) bond motifs is 4. The van der Waals surface area contributed by atoms with E-state index in [1.165, 1.54) is 14.2 Å². The molecule has 1 atom stereocenters. The Morgan fingerprint density at radius 3 is 2.38 bits per heavy atom. The molecule has 39 heavy (non-hydrogen) atoms. The number of aryl methyl sites for hydroxylation is 1. The maximum absolute atomic E-state index is 13.5. The Bertz CT molecular complexity index is 1440. The molecule has 0 saturated carbocycles.